The first-order valence-corrected chi connectivity index (χ1v) is 10.9. The molecule has 0 saturated carbocycles. The molecule has 2 nitrogen and oxygen atoms in total. The molecule has 2 rings (SSSR count). The van der Waals surface area contributed by atoms with Crippen molar-refractivity contribution in [3.05, 3.63) is 42.0 Å². The second-order valence-corrected chi connectivity index (χ2v) is 7.54. The molecule has 1 atom stereocenters. The maximum Gasteiger partial charge on any atom is 0.119 e. The Labute approximate surface area is 161 Å². The molecule has 0 radical (unpaired) electrons. The van der Waals surface area contributed by atoms with Crippen LogP contribution in [0.1, 0.15) is 83.1 Å². The van der Waals surface area contributed by atoms with E-state index in [9.17, 15) is 0 Å². The number of hydrogen-bond donors (Lipinski definition) is 0. The lowest BCUT2D eigenvalue weighted by Gasteiger charge is -2.07. The van der Waals surface area contributed by atoms with Gasteiger partial charge in [-0.05, 0) is 56.2 Å². The maximum atomic E-state index is 5.76. The fourth-order valence-corrected chi connectivity index (χ4v) is 3.19. The third-order valence-electron chi connectivity index (χ3n) is 4.96. The summed E-state index contributed by atoms with van der Waals surface area (Å²) in [7, 11) is 0. The molecule has 0 N–H and O–H groups in total. The van der Waals surface area contributed by atoms with Gasteiger partial charge in [-0.1, -0.05) is 69.7 Å². The minimum atomic E-state index is 0.328. The molecule has 0 spiro atoms. The van der Waals surface area contributed by atoms with E-state index in [0.717, 1.165) is 18.8 Å². The van der Waals surface area contributed by atoms with E-state index >= 15 is 0 Å². The van der Waals surface area contributed by atoms with E-state index in [1.807, 2.05) is 6.07 Å². The van der Waals surface area contributed by atoms with Crippen molar-refractivity contribution in [1.82, 2.24) is 0 Å². The van der Waals surface area contributed by atoms with Gasteiger partial charge in [0, 0.05) is 0 Å². The Morgan fingerprint density at radius 2 is 1.65 bits per heavy atom. The van der Waals surface area contributed by atoms with E-state index in [-0.39, 0.29) is 0 Å². The summed E-state index contributed by atoms with van der Waals surface area (Å²) in [5.41, 5.74) is 1.39. The lowest BCUT2D eigenvalue weighted by Crippen LogP contribution is -2.04. The van der Waals surface area contributed by atoms with E-state index in [2.05, 4.69) is 37.3 Å². The summed E-state index contributed by atoms with van der Waals surface area (Å²) in [5.74, 6) is 0.986. The van der Waals surface area contributed by atoms with Crippen LogP contribution in [0.3, 0.4) is 0 Å². The van der Waals surface area contributed by atoms with Crippen LogP contribution < -0.4 is 4.74 Å². The van der Waals surface area contributed by atoms with Crippen LogP contribution >= 0.6 is 0 Å². The summed E-state index contributed by atoms with van der Waals surface area (Å²) in [6, 6.07) is 8.55. The number of hydrogen-bond acceptors (Lipinski definition) is 2. The highest BCUT2D eigenvalue weighted by Gasteiger charge is 2.22. The fraction of sp³-hybridized carbons (Fsp3) is 0.667. The zero-order valence-corrected chi connectivity index (χ0v) is 16.8. The molecule has 0 aromatic heterocycles. The summed E-state index contributed by atoms with van der Waals surface area (Å²) < 4.78 is 10.9. The maximum absolute atomic E-state index is 5.76. The Kier molecular flexibility index (Phi) is 11.2. The molecule has 1 aliphatic heterocycles. The predicted molar refractivity (Wildman–Crippen MR) is 111 cm³/mol. The van der Waals surface area contributed by atoms with Crippen molar-refractivity contribution < 1.29 is 9.47 Å². The van der Waals surface area contributed by atoms with Crippen LogP contribution in [0.15, 0.2) is 36.4 Å². The quantitative estimate of drug-likeness (QED) is 0.183. The summed E-state index contributed by atoms with van der Waals surface area (Å²) in [6.07, 6.45) is 21.0. The molecule has 1 saturated heterocycles. The van der Waals surface area contributed by atoms with Crippen LogP contribution in [0, 0.1) is 0 Å². The van der Waals surface area contributed by atoms with Gasteiger partial charge in [0.25, 0.3) is 0 Å². The van der Waals surface area contributed by atoms with Crippen LogP contribution in [-0.4, -0.2) is 19.3 Å². The molecule has 1 heterocycles. The van der Waals surface area contributed by atoms with Gasteiger partial charge in [-0.25, -0.2) is 0 Å². The Bertz CT molecular complexity index is 491. The van der Waals surface area contributed by atoms with Crippen molar-refractivity contribution in [2.24, 2.45) is 0 Å². The van der Waals surface area contributed by atoms with Gasteiger partial charge in [0.15, 0.2) is 0 Å². The van der Waals surface area contributed by atoms with Crippen molar-refractivity contribution in [3.8, 4) is 5.75 Å². The number of ether oxygens (including phenoxy) is 2. The SMILES string of the molecule is CCCCCCC=CCCCCCCCc1cccc(OCC2CO2)c1. The van der Waals surface area contributed by atoms with Gasteiger partial charge >= 0.3 is 0 Å². The standard InChI is InChI=1S/C24H38O2/c1-2-3-4-5-6-7-8-9-10-11-12-13-14-16-22-17-15-18-23(19-22)25-20-24-21-26-24/h7-8,15,17-19,24H,2-6,9-14,16,20-21H2,1H3. The van der Waals surface area contributed by atoms with Crippen LogP contribution in [0.25, 0.3) is 0 Å². The van der Waals surface area contributed by atoms with Gasteiger partial charge in [-0.15, -0.1) is 0 Å². The molecule has 1 unspecified atom stereocenters. The molecular formula is C24H38O2. The van der Waals surface area contributed by atoms with E-state index < -0.39 is 0 Å². The second-order valence-electron chi connectivity index (χ2n) is 7.54. The fourth-order valence-electron chi connectivity index (χ4n) is 3.19. The first-order valence-electron chi connectivity index (χ1n) is 10.9. The summed E-state index contributed by atoms with van der Waals surface area (Å²) in [4.78, 5) is 0. The number of aryl methyl sites for hydroxylation is 1. The first-order chi connectivity index (χ1) is 12.9. The molecule has 1 aromatic carbocycles. The lowest BCUT2D eigenvalue weighted by atomic mass is 10.0. The molecular weight excluding hydrogens is 320 g/mol. The minimum Gasteiger partial charge on any atom is -0.491 e. The van der Waals surface area contributed by atoms with Gasteiger partial charge in [-0.3, -0.25) is 0 Å². The topological polar surface area (TPSA) is 21.8 Å². The van der Waals surface area contributed by atoms with E-state index in [1.54, 1.807) is 0 Å². The van der Waals surface area contributed by atoms with Gasteiger partial charge in [-0.2, -0.15) is 0 Å². The average molecular weight is 359 g/mol. The molecule has 1 fully saturated rings. The highest BCUT2D eigenvalue weighted by molar-refractivity contribution is 5.28. The number of unbranched alkanes of at least 4 members (excludes halogenated alkanes) is 9. The molecule has 1 aliphatic rings. The molecule has 1 aromatic rings. The number of benzene rings is 1. The highest BCUT2D eigenvalue weighted by atomic mass is 16.6. The van der Waals surface area contributed by atoms with E-state index in [4.69, 9.17) is 9.47 Å². The van der Waals surface area contributed by atoms with Gasteiger partial charge in [0.05, 0.1) is 6.61 Å². The van der Waals surface area contributed by atoms with Crippen LogP contribution in [0.2, 0.25) is 0 Å². The van der Waals surface area contributed by atoms with Gasteiger partial charge in [0.1, 0.15) is 18.5 Å². The lowest BCUT2D eigenvalue weighted by molar-refractivity contribution is 0.263. The van der Waals surface area contributed by atoms with Crippen molar-refractivity contribution in [2.75, 3.05) is 13.2 Å². The van der Waals surface area contributed by atoms with Crippen molar-refractivity contribution >= 4 is 0 Å². The molecule has 146 valence electrons. The van der Waals surface area contributed by atoms with E-state index in [1.165, 1.54) is 76.2 Å². The Morgan fingerprint density at radius 3 is 2.38 bits per heavy atom. The normalized spacial score (nSPS) is 16.3. The van der Waals surface area contributed by atoms with Crippen molar-refractivity contribution in [3.63, 3.8) is 0 Å². The highest BCUT2D eigenvalue weighted by Crippen LogP contribution is 2.18. The molecule has 26 heavy (non-hydrogen) atoms. The van der Waals surface area contributed by atoms with Gasteiger partial charge in [0.2, 0.25) is 0 Å². The molecule has 0 aliphatic carbocycles. The third kappa shape index (κ3) is 10.7. The first kappa shape index (κ1) is 21.0. The largest absolute Gasteiger partial charge is 0.491 e. The summed E-state index contributed by atoms with van der Waals surface area (Å²) in [5, 5.41) is 0. The van der Waals surface area contributed by atoms with Crippen molar-refractivity contribution in [1.29, 1.82) is 0 Å². The Balaban J connectivity index is 1.41. The number of allylic oxidation sites excluding steroid dienone is 2. The van der Waals surface area contributed by atoms with Crippen LogP contribution in [0.5, 0.6) is 5.75 Å². The molecule has 0 bridgehead atoms. The average Bonchev–Trinajstić information content (AvgIpc) is 3.49. The molecule has 2 heteroatoms. The zero-order valence-electron chi connectivity index (χ0n) is 16.8. The molecule has 0 amide bonds. The monoisotopic (exact) mass is 358 g/mol. The zero-order chi connectivity index (χ0) is 18.3. The minimum absolute atomic E-state index is 0.328. The van der Waals surface area contributed by atoms with Gasteiger partial charge < -0.3 is 9.47 Å². The third-order valence-corrected chi connectivity index (χ3v) is 4.96. The number of epoxide rings is 1. The van der Waals surface area contributed by atoms with Crippen LogP contribution in [-0.2, 0) is 11.2 Å². The summed E-state index contributed by atoms with van der Waals surface area (Å²) in [6.45, 7) is 3.82. The Hall–Kier alpha value is -1.28. The van der Waals surface area contributed by atoms with Crippen molar-refractivity contribution in [2.45, 2.75) is 90.1 Å². The van der Waals surface area contributed by atoms with E-state index in [0.29, 0.717) is 12.7 Å². The smallest absolute Gasteiger partial charge is 0.119 e. The Morgan fingerprint density at radius 1 is 0.962 bits per heavy atom. The summed E-state index contributed by atoms with van der Waals surface area (Å²) >= 11 is 0. The second kappa shape index (κ2) is 13.9. The van der Waals surface area contributed by atoms with Crippen LogP contribution in [0.4, 0.5) is 0 Å². The predicted octanol–water partition coefficient (Wildman–Crippen LogP) is 6.87. The number of rotatable bonds is 16.